The van der Waals surface area contributed by atoms with Crippen LogP contribution in [0.4, 0.5) is 0 Å². The Morgan fingerprint density at radius 2 is 2.27 bits per heavy atom. The zero-order valence-electron chi connectivity index (χ0n) is 7.84. The molecule has 1 aliphatic heterocycles. The van der Waals surface area contributed by atoms with Crippen LogP contribution in [-0.2, 0) is 4.79 Å². The van der Waals surface area contributed by atoms with Crippen LogP contribution in [0.5, 0.6) is 11.5 Å². The van der Waals surface area contributed by atoms with E-state index in [-0.39, 0.29) is 6.79 Å². The Bertz CT molecular complexity index is 387. The van der Waals surface area contributed by atoms with Gasteiger partial charge in [0, 0.05) is 5.56 Å². The second-order valence-electron chi connectivity index (χ2n) is 3.15. The number of rotatable bonds is 3. The molecule has 1 unspecified atom stereocenters. The summed E-state index contributed by atoms with van der Waals surface area (Å²) >= 11 is 0. The first-order valence-electron chi connectivity index (χ1n) is 4.46. The molecule has 0 amide bonds. The van der Waals surface area contributed by atoms with Gasteiger partial charge in [0.05, 0.1) is 6.61 Å². The van der Waals surface area contributed by atoms with Gasteiger partial charge in [-0.25, -0.2) is 0 Å². The van der Waals surface area contributed by atoms with Crippen LogP contribution in [0.15, 0.2) is 18.2 Å². The summed E-state index contributed by atoms with van der Waals surface area (Å²) in [4.78, 5) is 10.9. The Balaban J connectivity index is 2.43. The lowest BCUT2D eigenvalue weighted by atomic mass is 9.99. The van der Waals surface area contributed by atoms with Crippen LogP contribution < -0.4 is 9.47 Å². The summed E-state index contributed by atoms with van der Waals surface area (Å²) in [7, 11) is 0. The highest BCUT2D eigenvalue weighted by molar-refractivity contribution is 5.78. The molecule has 5 heteroatoms. The van der Waals surface area contributed by atoms with E-state index in [1.54, 1.807) is 18.2 Å². The minimum atomic E-state index is -1.08. The van der Waals surface area contributed by atoms with E-state index in [4.69, 9.17) is 19.7 Å². The summed E-state index contributed by atoms with van der Waals surface area (Å²) in [5.74, 6) is -1.12. The van der Waals surface area contributed by atoms with Crippen LogP contribution >= 0.6 is 0 Å². The Kier molecular flexibility index (Phi) is 2.47. The number of carboxylic acid groups (broad SMARTS) is 1. The molecule has 5 nitrogen and oxygen atoms in total. The van der Waals surface area contributed by atoms with E-state index in [1.165, 1.54) is 0 Å². The molecule has 1 atom stereocenters. The van der Waals surface area contributed by atoms with E-state index in [2.05, 4.69) is 0 Å². The molecule has 0 radical (unpaired) electrons. The molecule has 80 valence electrons. The Morgan fingerprint density at radius 1 is 1.47 bits per heavy atom. The van der Waals surface area contributed by atoms with Crippen molar-refractivity contribution in [3.8, 4) is 11.5 Å². The van der Waals surface area contributed by atoms with Gasteiger partial charge in [0.2, 0.25) is 6.79 Å². The molecule has 1 aliphatic rings. The van der Waals surface area contributed by atoms with Gasteiger partial charge in [-0.2, -0.15) is 0 Å². The second kappa shape index (κ2) is 3.78. The molecule has 0 saturated heterocycles. The van der Waals surface area contributed by atoms with E-state index in [0.29, 0.717) is 17.1 Å². The van der Waals surface area contributed by atoms with Crippen LogP contribution in [0, 0.1) is 0 Å². The number of benzene rings is 1. The number of carboxylic acids is 1. The van der Waals surface area contributed by atoms with Gasteiger partial charge in [-0.1, -0.05) is 12.1 Å². The maximum atomic E-state index is 10.9. The highest BCUT2D eigenvalue weighted by Crippen LogP contribution is 2.38. The summed E-state index contributed by atoms with van der Waals surface area (Å²) in [5.41, 5.74) is 0.444. The van der Waals surface area contributed by atoms with Gasteiger partial charge in [-0.15, -0.1) is 0 Å². The molecule has 1 heterocycles. The molecule has 1 aromatic carbocycles. The number of hydrogen-bond donors (Lipinski definition) is 2. The van der Waals surface area contributed by atoms with Crippen molar-refractivity contribution in [2.45, 2.75) is 5.92 Å². The molecule has 1 aromatic rings. The summed E-state index contributed by atoms with van der Waals surface area (Å²) < 4.78 is 10.3. The predicted octanol–water partition coefficient (Wildman–Crippen LogP) is 0.576. The Labute approximate surface area is 85.9 Å². The van der Waals surface area contributed by atoms with Crippen LogP contribution in [0.2, 0.25) is 0 Å². The molecule has 0 spiro atoms. The zero-order valence-corrected chi connectivity index (χ0v) is 7.84. The first-order chi connectivity index (χ1) is 7.24. The maximum Gasteiger partial charge on any atom is 0.313 e. The van der Waals surface area contributed by atoms with Crippen molar-refractivity contribution < 1.29 is 24.5 Å². The smallest absolute Gasteiger partial charge is 0.313 e. The molecule has 15 heavy (non-hydrogen) atoms. The number of ether oxygens (including phenoxy) is 2. The van der Waals surface area contributed by atoms with Gasteiger partial charge in [0.15, 0.2) is 11.5 Å². The number of fused-ring (bicyclic) bond motifs is 1. The van der Waals surface area contributed by atoms with Gasteiger partial charge in [-0.3, -0.25) is 4.79 Å². The fourth-order valence-electron chi connectivity index (χ4n) is 1.54. The fraction of sp³-hybridized carbons (Fsp3) is 0.300. The van der Waals surface area contributed by atoms with Crippen LogP contribution in [0.25, 0.3) is 0 Å². The quantitative estimate of drug-likeness (QED) is 0.763. The minimum absolute atomic E-state index is 0.0874. The van der Waals surface area contributed by atoms with Crippen molar-refractivity contribution >= 4 is 5.97 Å². The normalized spacial score (nSPS) is 15.0. The molecule has 0 bridgehead atoms. The summed E-state index contributed by atoms with van der Waals surface area (Å²) in [6.07, 6.45) is 0. The molecule has 0 aromatic heterocycles. The number of carbonyl (C=O) groups is 1. The van der Waals surface area contributed by atoms with Crippen molar-refractivity contribution in [3.05, 3.63) is 23.8 Å². The third-order valence-corrected chi connectivity index (χ3v) is 2.28. The monoisotopic (exact) mass is 210 g/mol. The van der Waals surface area contributed by atoms with Crippen molar-refractivity contribution in [1.82, 2.24) is 0 Å². The van der Waals surface area contributed by atoms with Crippen molar-refractivity contribution in [3.63, 3.8) is 0 Å². The molecule has 2 N–H and O–H groups in total. The van der Waals surface area contributed by atoms with E-state index in [1.807, 2.05) is 0 Å². The van der Waals surface area contributed by atoms with Gasteiger partial charge in [0.25, 0.3) is 0 Å². The maximum absolute atomic E-state index is 10.9. The molecule has 0 aliphatic carbocycles. The van der Waals surface area contributed by atoms with Crippen LogP contribution in [0.3, 0.4) is 0 Å². The Morgan fingerprint density at radius 3 is 2.93 bits per heavy atom. The minimum Gasteiger partial charge on any atom is -0.481 e. The van der Waals surface area contributed by atoms with Gasteiger partial charge in [-0.05, 0) is 6.07 Å². The SMILES string of the molecule is O=C(O)C(CO)c1cccc2c1OCO2. The van der Waals surface area contributed by atoms with Crippen LogP contribution in [0.1, 0.15) is 11.5 Å². The van der Waals surface area contributed by atoms with Crippen molar-refractivity contribution in [1.29, 1.82) is 0 Å². The average Bonchev–Trinajstić information content (AvgIpc) is 2.66. The second-order valence-corrected chi connectivity index (χ2v) is 3.15. The third kappa shape index (κ3) is 1.61. The summed E-state index contributed by atoms with van der Waals surface area (Å²) in [5, 5.41) is 17.9. The number of para-hydroxylation sites is 1. The predicted molar refractivity (Wildman–Crippen MR) is 50.0 cm³/mol. The summed E-state index contributed by atoms with van der Waals surface area (Å²) in [6.45, 7) is -0.376. The van der Waals surface area contributed by atoms with Crippen LogP contribution in [-0.4, -0.2) is 29.6 Å². The first-order valence-corrected chi connectivity index (χ1v) is 4.46. The fourth-order valence-corrected chi connectivity index (χ4v) is 1.54. The lowest BCUT2D eigenvalue weighted by Gasteiger charge is -2.11. The number of aliphatic hydroxyl groups is 1. The molecular weight excluding hydrogens is 200 g/mol. The summed E-state index contributed by atoms with van der Waals surface area (Å²) in [6, 6.07) is 4.99. The third-order valence-electron chi connectivity index (χ3n) is 2.28. The molecular formula is C10H10O5. The molecule has 2 rings (SSSR count). The lowest BCUT2D eigenvalue weighted by Crippen LogP contribution is -2.16. The first kappa shape index (κ1) is 9.79. The topological polar surface area (TPSA) is 76.0 Å². The number of aliphatic carboxylic acids is 1. The largest absolute Gasteiger partial charge is 0.481 e. The van der Waals surface area contributed by atoms with E-state index >= 15 is 0 Å². The lowest BCUT2D eigenvalue weighted by molar-refractivity contribution is -0.139. The highest BCUT2D eigenvalue weighted by Gasteiger charge is 2.27. The van der Waals surface area contributed by atoms with E-state index in [0.717, 1.165) is 0 Å². The average molecular weight is 210 g/mol. The number of hydrogen-bond acceptors (Lipinski definition) is 4. The standard InChI is InChI=1S/C10H10O5/c11-4-7(10(12)13)6-2-1-3-8-9(6)15-5-14-8/h1-3,7,11H,4-5H2,(H,12,13). The van der Waals surface area contributed by atoms with E-state index in [9.17, 15) is 4.79 Å². The van der Waals surface area contributed by atoms with Crippen molar-refractivity contribution in [2.24, 2.45) is 0 Å². The van der Waals surface area contributed by atoms with Gasteiger partial charge < -0.3 is 19.7 Å². The van der Waals surface area contributed by atoms with Gasteiger partial charge in [0.1, 0.15) is 5.92 Å². The van der Waals surface area contributed by atoms with Crippen molar-refractivity contribution in [2.75, 3.05) is 13.4 Å². The van der Waals surface area contributed by atoms with Gasteiger partial charge >= 0.3 is 5.97 Å². The van der Waals surface area contributed by atoms with E-state index < -0.39 is 18.5 Å². The zero-order chi connectivity index (χ0) is 10.8. The molecule has 0 fully saturated rings. The Hall–Kier alpha value is -1.75. The number of aliphatic hydroxyl groups excluding tert-OH is 1. The molecule has 0 saturated carbocycles. The highest BCUT2D eigenvalue weighted by atomic mass is 16.7.